The van der Waals surface area contributed by atoms with Gasteiger partial charge in [0.25, 0.3) is 5.91 Å². The van der Waals surface area contributed by atoms with Gasteiger partial charge in [0.2, 0.25) is 0 Å². The summed E-state index contributed by atoms with van der Waals surface area (Å²) in [7, 11) is 4.22. The van der Waals surface area contributed by atoms with Crippen LogP contribution in [0.5, 0.6) is 0 Å². The molecule has 1 heterocycles. The molecule has 1 amide bonds. The number of amides is 1. The zero-order chi connectivity index (χ0) is 14.9. The monoisotopic (exact) mass is 287 g/mol. The smallest absolute Gasteiger partial charge is 0.251 e. The van der Waals surface area contributed by atoms with E-state index in [2.05, 4.69) is 35.7 Å². The SMILES string of the molecule is CN(C)C1(CNC(=O)c2cccc3c2CCNC3)CCC1. The van der Waals surface area contributed by atoms with Gasteiger partial charge in [-0.05, 0) is 63.5 Å². The molecule has 0 aromatic heterocycles. The summed E-state index contributed by atoms with van der Waals surface area (Å²) in [6.45, 7) is 2.58. The quantitative estimate of drug-likeness (QED) is 0.883. The third kappa shape index (κ3) is 2.70. The fourth-order valence-corrected chi connectivity index (χ4v) is 3.45. The number of rotatable bonds is 4. The van der Waals surface area contributed by atoms with E-state index in [1.54, 1.807) is 0 Å². The Morgan fingerprint density at radius 3 is 2.86 bits per heavy atom. The van der Waals surface area contributed by atoms with E-state index < -0.39 is 0 Å². The van der Waals surface area contributed by atoms with Crippen LogP contribution in [-0.2, 0) is 13.0 Å². The van der Waals surface area contributed by atoms with Crippen molar-refractivity contribution in [2.75, 3.05) is 27.2 Å². The van der Waals surface area contributed by atoms with Crippen LogP contribution in [0.4, 0.5) is 0 Å². The Labute approximate surface area is 126 Å². The van der Waals surface area contributed by atoms with Gasteiger partial charge in [0.15, 0.2) is 0 Å². The van der Waals surface area contributed by atoms with Crippen molar-refractivity contribution < 1.29 is 4.79 Å². The van der Waals surface area contributed by atoms with Crippen molar-refractivity contribution in [2.24, 2.45) is 0 Å². The number of carbonyl (C=O) groups excluding carboxylic acids is 1. The number of nitrogens with one attached hydrogen (secondary N) is 2. The molecule has 4 nitrogen and oxygen atoms in total. The number of nitrogens with zero attached hydrogens (tertiary/aromatic N) is 1. The van der Waals surface area contributed by atoms with Crippen LogP contribution in [0, 0.1) is 0 Å². The van der Waals surface area contributed by atoms with Crippen LogP contribution in [0.25, 0.3) is 0 Å². The van der Waals surface area contributed by atoms with E-state index in [-0.39, 0.29) is 11.4 Å². The van der Waals surface area contributed by atoms with E-state index >= 15 is 0 Å². The van der Waals surface area contributed by atoms with Gasteiger partial charge in [-0.2, -0.15) is 0 Å². The largest absolute Gasteiger partial charge is 0.350 e. The van der Waals surface area contributed by atoms with Gasteiger partial charge in [-0.1, -0.05) is 12.1 Å². The molecule has 1 aromatic rings. The van der Waals surface area contributed by atoms with Gasteiger partial charge in [0, 0.05) is 24.2 Å². The zero-order valence-corrected chi connectivity index (χ0v) is 13.0. The van der Waals surface area contributed by atoms with Crippen LogP contribution >= 0.6 is 0 Å². The molecule has 0 spiro atoms. The van der Waals surface area contributed by atoms with Gasteiger partial charge in [-0.15, -0.1) is 0 Å². The van der Waals surface area contributed by atoms with Crippen LogP contribution < -0.4 is 10.6 Å². The molecule has 0 saturated heterocycles. The first kappa shape index (κ1) is 14.5. The molecule has 0 bridgehead atoms. The lowest BCUT2D eigenvalue weighted by Crippen LogP contribution is -2.57. The molecular weight excluding hydrogens is 262 g/mol. The molecule has 1 fully saturated rings. The second-order valence-corrected chi connectivity index (χ2v) is 6.53. The second kappa shape index (κ2) is 5.78. The average Bonchev–Trinajstić information content (AvgIpc) is 2.45. The number of benzene rings is 1. The van der Waals surface area contributed by atoms with Crippen molar-refractivity contribution in [2.45, 2.75) is 37.8 Å². The molecule has 0 unspecified atom stereocenters. The molecule has 1 aliphatic heterocycles. The van der Waals surface area contributed by atoms with Crippen molar-refractivity contribution in [1.29, 1.82) is 0 Å². The first-order chi connectivity index (χ1) is 10.1. The minimum atomic E-state index is 0.0851. The molecule has 0 atom stereocenters. The van der Waals surface area contributed by atoms with Crippen molar-refractivity contribution >= 4 is 5.91 Å². The third-order valence-electron chi connectivity index (χ3n) is 5.20. The lowest BCUT2D eigenvalue weighted by Gasteiger charge is -2.47. The number of carbonyl (C=O) groups is 1. The maximum atomic E-state index is 12.6. The normalized spacial score (nSPS) is 19.8. The van der Waals surface area contributed by atoms with E-state index in [1.807, 2.05) is 12.1 Å². The van der Waals surface area contributed by atoms with Crippen molar-refractivity contribution in [1.82, 2.24) is 15.5 Å². The molecule has 0 radical (unpaired) electrons. The summed E-state index contributed by atoms with van der Waals surface area (Å²) < 4.78 is 0. The molecular formula is C17H25N3O. The van der Waals surface area contributed by atoms with Crippen molar-refractivity contribution in [3.05, 3.63) is 34.9 Å². The van der Waals surface area contributed by atoms with E-state index in [1.165, 1.54) is 30.4 Å². The highest BCUT2D eigenvalue weighted by Gasteiger charge is 2.39. The molecule has 3 rings (SSSR count). The van der Waals surface area contributed by atoms with Crippen LogP contribution in [0.15, 0.2) is 18.2 Å². The molecule has 1 aliphatic carbocycles. The highest BCUT2D eigenvalue weighted by atomic mass is 16.1. The minimum absolute atomic E-state index is 0.0851. The van der Waals surface area contributed by atoms with Crippen molar-refractivity contribution in [3.8, 4) is 0 Å². The Morgan fingerprint density at radius 1 is 1.38 bits per heavy atom. The van der Waals surface area contributed by atoms with Crippen LogP contribution in [0.1, 0.15) is 40.7 Å². The second-order valence-electron chi connectivity index (χ2n) is 6.53. The van der Waals surface area contributed by atoms with Gasteiger partial charge in [-0.25, -0.2) is 0 Å². The summed E-state index contributed by atoms with van der Waals surface area (Å²) in [5, 5.41) is 6.53. The molecule has 114 valence electrons. The number of fused-ring (bicyclic) bond motifs is 1. The summed E-state index contributed by atoms with van der Waals surface area (Å²) >= 11 is 0. The molecule has 2 aliphatic rings. The van der Waals surface area contributed by atoms with Crippen LogP contribution in [0.2, 0.25) is 0 Å². The Morgan fingerprint density at radius 2 is 2.19 bits per heavy atom. The zero-order valence-electron chi connectivity index (χ0n) is 13.0. The number of hydrogen-bond donors (Lipinski definition) is 2. The minimum Gasteiger partial charge on any atom is -0.350 e. The Hall–Kier alpha value is -1.39. The topological polar surface area (TPSA) is 44.4 Å². The van der Waals surface area contributed by atoms with E-state index in [0.717, 1.165) is 31.6 Å². The van der Waals surface area contributed by atoms with Gasteiger partial charge in [0.1, 0.15) is 0 Å². The van der Waals surface area contributed by atoms with Crippen LogP contribution in [0.3, 0.4) is 0 Å². The lowest BCUT2D eigenvalue weighted by atomic mass is 9.75. The third-order valence-corrected chi connectivity index (χ3v) is 5.20. The van der Waals surface area contributed by atoms with E-state index in [4.69, 9.17) is 0 Å². The molecule has 1 saturated carbocycles. The van der Waals surface area contributed by atoms with E-state index in [0.29, 0.717) is 0 Å². The molecule has 1 aromatic carbocycles. The first-order valence-electron chi connectivity index (χ1n) is 7.89. The highest BCUT2D eigenvalue weighted by Crippen LogP contribution is 2.35. The first-order valence-corrected chi connectivity index (χ1v) is 7.89. The molecule has 2 N–H and O–H groups in total. The Bertz CT molecular complexity index is 535. The van der Waals surface area contributed by atoms with Gasteiger partial charge in [-0.3, -0.25) is 4.79 Å². The Balaban J connectivity index is 1.71. The molecule has 21 heavy (non-hydrogen) atoms. The number of hydrogen-bond acceptors (Lipinski definition) is 3. The maximum Gasteiger partial charge on any atom is 0.251 e. The van der Waals surface area contributed by atoms with Gasteiger partial charge >= 0.3 is 0 Å². The fourth-order valence-electron chi connectivity index (χ4n) is 3.45. The average molecular weight is 287 g/mol. The standard InChI is InChI=1S/C17H25N3O/c1-20(2)17(8-4-9-17)12-19-16(21)15-6-3-5-13-11-18-10-7-14(13)15/h3,5-6,18H,4,7-12H2,1-2H3,(H,19,21). The maximum absolute atomic E-state index is 12.6. The number of likely N-dealkylation sites (N-methyl/N-ethyl adjacent to an activating group) is 1. The fraction of sp³-hybridized carbons (Fsp3) is 0.588. The summed E-state index contributed by atoms with van der Waals surface area (Å²) in [5.74, 6) is 0.0851. The predicted molar refractivity (Wildman–Crippen MR) is 84.5 cm³/mol. The van der Waals surface area contributed by atoms with Gasteiger partial charge < -0.3 is 15.5 Å². The Kier molecular flexibility index (Phi) is 4.00. The van der Waals surface area contributed by atoms with Crippen LogP contribution in [-0.4, -0.2) is 43.5 Å². The van der Waals surface area contributed by atoms with Gasteiger partial charge in [0.05, 0.1) is 0 Å². The summed E-state index contributed by atoms with van der Waals surface area (Å²) in [4.78, 5) is 14.8. The lowest BCUT2D eigenvalue weighted by molar-refractivity contribution is 0.0557. The van der Waals surface area contributed by atoms with E-state index in [9.17, 15) is 4.79 Å². The highest BCUT2D eigenvalue weighted by molar-refractivity contribution is 5.96. The molecule has 4 heteroatoms. The van der Waals surface area contributed by atoms with Crippen molar-refractivity contribution in [3.63, 3.8) is 0 Å². The predicted octanol–water partition coefficient (Wildman–Crippen LogP) is 1.55. The summed E-state index contributed by atoms with van der Waals surface area (Å²) in [6, 6.07) is 6.07. The summed E-state index contributed by atoms with van der Waals surface area (Å²) in [6.07, 6.45) is 4.56. The summed E-state index contributed by atoms with van der Waals surface area (Å²) in [5.41, 5.74) is 3.52.